The van der Waals surface area contributed by atoms with Gasteiger partial charge in [-0.2, -0.15) is 5.26 Å². The number of aromatic nitrogens is 2. The van der Waals surface area contributed by atoms with Crippen LogP contribution >= 0.6 is 23.1 Å². The van der Waals surface area contributed by atoms with Crippen molar-refractivity contribution in [3.63, 3.8) is 0 Å². The minimum absolute atomic E-state index is 0.144. The van der Waals surface area contributed by atoms with Gasteiger partial charge in [-0.3, -0.25) is 4.79 Å². The molecule has 0 aliphatic carbocycles. The summed E-state index contributed by atoms with van der Waals surface area (Å²) in [5.74, 6) is -0.144. The number of nitriles is 1. The summed E-state index contributed by atoms with van der Waals surface area (Å²) < 4.78 is 0. The third kappa shape index (κ3) is 5.05. The van der Waals surface area contributed by atoms with Crippen LogP contribution < -0.4 is 5.32 Å². The van der Waals surface area contributed by atoms with Gasteiger partial charge < -0.3 is 5.32 Å². The lowest BCUT2D eigenvalue weighted by Crippen LogP contribution is -2.22. The number of hydrogen-bond donors (Lipinski definition) is 1. The summed E-state index contributed by atoms with van der Waals surface area (Å²) in [6.07, 6.45) is 4.68. The van der Waals surface area contributed by atoms with Crippen molar-refractivity contribution in [3.05, 3.63) is 35.0 Å². The molecule has 0 saturated carbocycles. The molecule has 2 aromatic rings. The first-order chi connectivity index (χ1) is 11.1. The van der Waals surface area contributed by atoms with E-state index in [4.69, 9.17) is 0 Å². The van der Waals surface area contributed by atoms with Crippen LogP contribution in [0.25, 0.3) is 0 Å². The second kappa shape index (κ2) is 8.65. The number of carbonyl (C=O) groups is 1. The molecule has 0 saturated heterocycles. The number of thiazole rings is 1. The highest BCUT2D eigenvalue weighted by molar-refractivity contribution is 8.00. The monoisotopic (exact) mass is 346 g/mol. The molecule has 0 bridgehead atoms. The van der Waals surface area contributed by atoms with Gasteiger partial charge in [0.1, 0.15) is 11.1 Å². The van der Waals surface area contributed by atoms with Crippen LogP contribution in [-0.4, -0.2) is 21.1 Å². The highest BCUT2D eigenvalue weighted by atomic mass is 32.2. The fourth-order valence-corrected chi connectivity index (χ4v) is 3.31. The fourth-order valence-electron chi connectivity index (χ4n) is 1.86. The molecule has 7 heteroatoms. The zero-order chi connectivity index (χ0) is 16.7. The molecule has 0 radical (unpaired) electrons. The van der Waals surface area contributed by atoms with Crippen molar-refractivity contribution in [1.29, 1.82) is 5.26 Å². The van der Waals surface area contributed by atoms with Crippen LogP contribution in [0.4, 0.5) is 5.13 Å². The molecular weight excluding hydrogens is 328 g/mol. The van der Waals surface area contributed by atoms with Crippen molar-refractivity contribution in [2.45, 2.75) is 43.4 Å². The Balaban J connectivity index is 2.07. The summed E-state index contributed by atoms with van der Waals surface area (Å²) in [6.45, 7) is 3.93. The summed E-state index contributed by atoms with van der Waals surface area (Å²) in [5, 5.41) is 14.6. The van der Waals surface area contributed by atoms with E-state index >= 15 is 0 Å². The van der Waals surface area contributed by atoms with Crippen LogP contribution in [0.1, 0.15) is 37.9 Å². The van der Waals surface area contributed by atoms with Crippen molar-refractivity contribution in [3.8, 4) is 6.07 Å². The Labute approximate surface area is 144 Å². The number of pyridine rings is 1. The molecule has 1 amide bonds. The second-order valence-electron chi connectivity index (χ2n) is 4.96. The van der Waals surface area contributed by atoms with Crippen molar-refractivity contribution in [2.24, 2.45) is 0 Å². The van der Waals surface area contributed by atoms with E-state index in [1.807, 2.05) is 6.07 Å². The van der Waals surface area contributed by atoms with E-state index in [1.165, 1.54) is 23.1 Å². The number of amides is 1. The van der Waals surface area contributed by atoms with Crippen LogP contribution in [0, 0.1) is 11.3 Å². The Kier molecular flexibility index (Phi) is 6.56. The molecule has 2 rings (SSSR count). The number of thioether (sulfide) groups is 1. The summed E-state index contributed by atoms with van der Waals surface area (Å²) >= 11 is 2.68. The minimum atomic E-state index is -0.361. The number of rotatable bonds is 7. The standard InChI is InChI=1S/C16H18N4OS2/c1-3-4-5-13-7-6-12(10-17)15(19-13)23-11(2)14(21)20-16-18-8-9-22-16/h6-9,11H,3-5H2,1-2H3,(H,18,20,21). The zero-order valence-corrected chi connectivity index (χ0v) is 14.7. The van der Waals surface area contributed by atoms with E-state index in [1.54, 1.807) is 24.6 Å². The lowest BCUT2D eigenvalue weighted by molar-refractivity contribution is -0.115. The predicted molar refractivity (Wildman–Crippen MR) is 93.6 cm³/mol. The maximum atomic E-state index is 12.2. The molecule has 120 valence electrons. The Morgan fingerprint density at radius 2 is 2.35 bits per heavy atom. The quantitative estimate of drug-likeness (QED) is 0.770. The Bertz CT molecular complexity index is 695. The normalized spacial score (nSPS) is 11.7. The highest BCUT2D eigenvalue weighted by Crippen LogP contribution is 2.26. The number of nitrogens with zero attached hydrogens (tertiary/aromatic N) is 3. The molecule has 2 aromatic heterocycles. The van der Waals surface area contributed by atoms with Gasteiger partial charge in [-0.25, -0.2) is 9.97 Å². The zero-order valence-electron chi connectivity index (χ0n) is 13.1. The topological polar surface area (TPSA) is 78.7 Å². The molecule has 1 unspecified atom stereocenters. The van der Waals surface area contributed by atoms with Gasteiger partial charge in [-0.15, -0.1) is 11.3 Å². The van der Waals surface area contributed by atoms with Crippen LogP contribution in [0.3, 0.4) is 0 Å². The van der Waals surface area contributed by atoms with Gasteiger partial charge in [0.25, 0.3) is 0 Å². The van der Waals surface area contributed by atoms with Gasteiger partial charge >= 0.3 is 0 Å². The average molecular weight is 346 g/mol. The second-order valence-corrected chi connectivity index (χ2v) is 7.18. The highest BCUT2D eigenvalue weighted by Gasteiger charge is 2.18. The third-order valence-corrected chi connectivity index (χ3v) is 4.94. The van der Waals surface area contributed by atoms with Crippen LogP contribution in [0.15, 0.2) is 28.7 Å². The molecule has 0 spiro atoms. The molecule has 0 aliphatic rings. The first kappa shape index (κ1) is 17.4. The van der Waals surface area contributed by atoms with E-state index < -0.39 is 0 Å². The lowest BCUT2D eigenvalue weighted by atomic mass is 10.2. The molecule has 5 nitrogen and oxygen atoms in total. The number of nitrogens with one attached hydrogen (secondary N) is 1. The molecule has 0 fully saturated rings. The molecule has 1 N–H and O–H groups in total. The van der Waals surface area contributed by atoms with E-state index in [-0.39, 0.29) is 11.2 Å². The van der Waals surface area contributed by atoms with Gasteiger partial charge in [0.2, 0.25) is 5.91 Å². The van der Waals surface area contributed by atoms with E-state index in [0.29, 0.717) is 15.7 Å². The largest absolute Gasteiger partial charge is 0.301 e. The van der Waals surface area contributed by atoms with Crippen LogP contribution in [-0.2, 0) is 11.2 Å². The van der Waals surface area contributed by atoms with Crippen molar-refractivity contribution >= 4 is 34.1 Å². The predicted octanol–water partition coefficient (Wildman–Crippen LogP) is 3.87. The average Bonchev–Trinajstić information content (AvgIpc) is 3.06. The first-order valence-electron chi connectivity index (χ1n) is 7.41. The number of hydrogen-bond acceptors (Lipinski definition) is 6. The smallest absolute Gasteiger partial charge is 0.239 e. The Morgan fingerprint density at radius 3 is 3.00 bits per heavy atom. The van der Waals surface area contributed by atoms with E-state index in [9.17, 15) is 10.1 Å². The summed E-state index contributed by atoms with van der Waals surface area (Å²) in [4.78, 5) is 20.8. The number of aryl methyl sites for hydroxylation is 1. The Hall–Kier alpha value is -1.91. The first-order valence-corrected chi connectivity index (χ1v) is 9.17. The maximum Gasteiger partial charge on any atom is 0.239 e. The summed E-state index contributed by atoms with van der Waals surface area (Å²) in [7, 11) is 0. The number of carbonyl (C=O) groups excluding carboxylic acids is 1. The molecule has 2 heterocycles. The summed E-state index contributed by atoms with van der Waals surface area (Å²) in [5.41, 5.74) is 1.46. The summed E-state index contributed by atoms with van der Waals surface area (Å²) in [6, 6.07) is 5.81. The van der Waals surface area contributed by atoms with Crippen molar-refractivity contribution in [1.82, 2.24) is 9.97 Å². The van der Waals surface area contributed by atoms with Gasteiger partial charge in [-0.05, 0) is 31.9 Å². The minimum Gasteiger partial charge on any atom is -0.301 e. The van der Waals surface area contributed by atoms with Crippen molar-refractivity contribution < 1.29 is 4.79 Å². The van der Waals surface area contributed by atoms with Gasteiger partial charge in [0.05, 0.1) is 10.8 Å². The van der Waals surface area contributed by atoms with E-state index in [2.05, 4.69) is 28.3 Å². The Morgan fingerprint density at radius 1 is 1.52 bits per heavy atom. The lowest BCUT2D eigenvalue weighted by Gasteiger charge is -2.12. The molecule has 0 aliphatic heterocycles. The molecule has 1 atom stereocenters. The molecule has 23 heavy (non-hydrogen) atoms. The maximum absolute atomic E-state index is 12.2. The van der Waals surface area contributed by atoms with Crippen LogP contribution in [0.5, 0.6) is 0 Å². The van der Waals surface area contributed by atoms with Gasteiger partial charge in [0.15, 0.2) is 5.13 Å². The van der Waals surface area contributed by atoms with Gasteiger partial charge in [-0.1, -0.05) is 25.1 Å². The molecule has 0 aromatic carbocycles. The number of anilines is 1. The fraction of sp³-hybridized carbons (Fsp3) is 0.375. The molecular formula is C16H18N4OS2. The number of unbranched alkanes of at least 4 members (excludes halogenated alkanes) is 1. The van der Waals surface area contributed by atoms with Crippen molar-refractivity contribution in [2.75, 3.05) is 5.32 Å². The van der Waals surface area contributed by atoms with Gasteiger partial charge in [0, 0.05) is 17.3 Å². The third-order valence-electron chi connectivity index (χ3n) is 3.14. The van der Waals surface area contributed by atoms with Crippen LogP contribution in [0.2, 0.25) is 0 Å². The van der Waals surface area contributed by atoms with E-state index in [0.717, 1.165) is 25.0 Å². The SMILES string of the molecule is CCCCc1ccc(C#N)c(SC(C)C(=O)Nc2nccs2)n1.